The molecule has 1 unspecified atom stereocenters. The van der Waals surface area contributed by atoms with Crippen molar-refractivity contribution in [3.63, 3.8) is 0 Å². The molecule has 1 fully saturated rings. The van der Waals surface area contributed by atoms with Gasteiger partial charge in [0.1, 0.15) is 0 Å². The fourth-order valence-corrected chi connectivity index (χ4v) is 1.89. The van der Waals surface area contributed by atoms with Gasteiger partial charge in [-0.25, -0.2) is 0 Å². The van der Waals surface area contributed by atoms with E-state index in [0.717, 1.165) is 6.42 Å². The second-order valence-corrected chi connectivity index (χ2v) is 4.38. The van der Waals surface area contributed by atoms with Gasteiger partial charge in [-0.15, -0.1) is 0 Å². The Kier molecular flexibility index (Phi) is 1.79. The number of carbonyl (C=O) groups is 1. The van der Waals surface area contributed by atoms with Crippen LogP contribution in [0.3, 0.4) is 0 Å². The predicted octanol–water partition coefficient (Wildman–Crippen LogP) is 1.77. The topological polar surface area (TPSA) is 43.1 Å². The summed E-state index contributed by atoms with van der Waals surface area (Å²) in [7, 11) is 0. The van der Waals surface area contributed by atoms with Crippen LogP contribution < -0.4 is 5.73 Å². The number of primary amides is 1. The number of nitrogens with two attached hydrogens (primary N) is 1. The molecule has 0 aromatic heterocycles. The van der Waals surface area contributed by atoms with E-state index in [9.17, 15) is 4.79 Å². The van der Waals surface area contributed by atoms with Crippen molar-refractivity contribution in [1.82, 2.24) is 0 Å². The van der Waals surface area contributed by atoms with E-state index in [0.29, 0.717) is 16.9 Å². The van der Waals surface area contributed by atoms with E-state index in [2.05, 4.69) is 13.0 Å². The normalized spacial score (nSPS) is 29.6. The molecule has 0 aliphatic heterocycles. The van der Waals surface area contributed by atoms with E-state index in [1.165, 1.54) is 12.8 Å². The third-order valence-corrected chi connectivity index (χ3v) is 3.32. The van der Waals surface area contributed by atoms with Crippen LogP contribution in [0.4, 0.5) is 0 Å². The summed E-state index contributed by atoms with van der Waals surface area (Å²) in [4.78, 5) is 10.8. The van der Waals surface area contributed by atoms with E-state index < -0.39 is 0 Å². The Morgan fingerprint density at radius 3 is 2.69 bits per heavy atom. The summed E-state index contributed by atoms with van der Waals surface area (Å²) in [6, 6.07) is 0. The summed E-state index contributed by atoms with van der Waals surface area (Å²) < 4.78 is 0. The van der Waals surface area contributed by atoms with E-state index >= 15 is 0 Å². The molecule has 2 aliphatic carbocycles. The number of hydrogen-bond acceptors (Lipinski definition) is 1. The van der Waals surface area contributed by atoms with Crippen LogP contribution in [0.2, 0.25) is 0 Å². The van der Waals surface area contributed by atoms with Gasteiger partial charge < -0.3 is 5.73 Å². The van der Waals surface area contributed by atoms with Crippen LogP contribution in [-0.4, -0.2) is 5.91 Å². The second-order valence-electron chi connectivity index (χ2n) is 4.38. The molecule has 0 aromatic rings. The molecule has 70 valence electrons. The summed E-state index contributed by atoms with van der Waals surface area (Å²) in [5.74, 6) is 0.311. The molecule has 1 saturated carbocycles. The van der Waals surface area contributed by atoms with Gasteiger partial charge in [0.25, 0.3) is 0 Å². The summed E-state index contributed by atoms with van der Waals surface area (Å²) in [6.45, 7) is 2.31. The molecule has 1 atom stereocenters. The molecule has 13 heavy (non-hydrogen) atoms. The number of allylic oxidation sites excluding steroid dienone is 2. The van der Waals surface area contributed by atoms with Crippen LogP contribution >= 0.6 is 0 Å². The first-order valence-electron chi connectivity index (χ1n) is 4.80. The molecule has 1 amide bonds. The van der Waals surface area contributed by atoms with Crippen molar-refractivity contribution < 1.29 is 4.79 Å². The molecule has 0 heterocycles. The SMILES string of the molecule is CC1(C2C=CC(C(N)=O)=CC2)CC1. The van der Waals surface area contributed by atoms with E-state index in [-0.39, 0.29) is 5.91 Å². The molecule has 2 N–H and O–H groups in total. The van der Waals surface area contributed by atoms with Crippen molar-refractivity contribution in [1.29, 1.82) is 0 Å². The lowest BCUT2D eigenvalue weighted by molar-refractivity contribution is -0.114. The first-order chi connectivity index (χ1) is 6.12. The Bertz CT molecular complexity index is 297. The largest absolute Gasteiger partial charge is 0.366 e. The minimum absolute atomic E-state index is 0.310. The van der Waals surface area contributed by atoms with Crippen molar-refractivity contribution >= 4 is 5.91 Å². The summed E-state index contributed by atoms with van der Waals surface area (Å²) in [6.07, 6.45) is 9.61. The van der Waals surface area contributed by atoms with Gasteiger partial charge in [0.2, 0.25) is 5.91 Å². The van der Waals surface area contributed by atoms with Gasteiger partial charge in [0, 0.05) is 5.57 Å². The van der Waals surface area contributed by atoms with Crippen molar-refractivity contribution in [3.8, 4) is 0 Å². The molecule has 0 aromatic carbocycles. The summed E-state index contributed by atoms with van der Waals surface area (Å²) >= 11 is 0. The molecule has 2 rings (SSSR count). The van der Waals surface area contributed by atoms with Crippen LogP contribution in [0.15, 0.2) is 23.8 Å². The Hall–Kier alpha value is -1.05. The molecule has 2 nitrogen and oxygen atoms in total. The Balaban J connectivity index is 2.05. The van der Waals surface area contributed by atoms with Crippen molar-refractivity contribution in [2.75, 3.05) is 0 Å². The maximum Gasteiger partial charge on any atom is 0.248 e. The number of rotatable bonds is 2. The summed E-state index contributed by atoms with van der Waals surface area (Å²) in [5.41, 5.74) is 6.36. The summed E-state index contributed by atoms with van der Waals surface area (Å²) in [5, 5.41) is 0. The third-order valence-electron chi connectivity index (χ3n) is 3.32. The zero-order valence-electron chi connectivity index (χ0n) is 7.92. The quantitative estimate of drug-likeness (QED) is 0.686. The minimum atomic E-state index is -0.310. The van der Waals surface area contributed by atoms with Gasteiger partial charge in [-0.1, -0.05) is 25.2 Å². The van der Waals surface area contributed by atoms with Crippen LogP contribution in [0.25, 0.3) is 0 Å². The van der Waals surface area contributed by atoms with E-state index in [4.69, 9.17) is 5.73 Å². The second kappa shape index (κ2) is 2.72. The molecule has 2 aliphatic rings. The fraction of sp³-hybridized carbons (Fsp3) is 0.545. The van der Waals surface area contributed by atoms with Crippen LogP contribution in [-0.2, 0) is 4.79 Å². The zero-order chi connectivity index (χ0) is 9.47. The maximum atomic E-state index is 10.8. The number of hydrogen-bond donors (Lipinski definition) is 1. The zero-order valence-corrected chi connectivity index (χ0v) is 7.92. The molecule has 2 heteroatoms. The smallest absolute Gasteiger partial charge is 0.248 e. The van der Waals surface area contributed by atoms with Crippen molar-refractivity contribution in [2.45, 2.75) is 26.2 Å². The van der Waals surface area contributed by atoms with E-state index in [1.54, 1.807) is 0 Å². The fourth-order valence-electron chi connectivity index (χ4n) is 1.89. The van der Waals surface area contributed by atoms with Gasteiger partial charge in [-0.2, -0.15) is 0 Å². The van der Waals surface area contributed by atoms with Crippen molar-refractivity contribution in [3.05, 3.63) is 23.8 Å². The van der Waals surface area contributed by atoms with E-state index in [1.807, 2.05) is 12.2 Å². The molecular weight excluding hydrogens is 162 g/mol. The predicted molar refractivity (Wildman–Crippen MR) is 51.9 cm³/mol. The highest BCUT2D eigenvalue weighted by molar-refractivity contribution is 5.94. The standard InChI is InChI=1S/C11H15NO/c1-11(6-7-11)9-4-2-8(3-5-9)10(12)13/h2-4,9H,5-7H2,1H3,(H2,12,13). The lowest BCUT2D eigenvalue weighted by atomic mass is 9.84. The molecule has 0 saturated heterocycles. The van der Waals surface area contributed by atoms with Gasteiger partial charge in [-0.05, 0) is 30.6 Å². The highest BCUT2D eigenvalue weighted by Gasteiger charge is 2.43. The third kappa shape index (κ3) is 1.53. The first kappa shape index (κ1) is 8.54. The van der Waals surface area contributed by atoms with Crippen molar-refractivity contribution in [2.24, 2.45) is 17.1 Å². The number of carbonyl (C=O) groups excluding carboxylic acids is 1. The average molecular weight is 177 g/mol. The van der Waals surface area contributed by atoms with Crippen LogP contribution in [0.1, 0.15) is 26.2 Å². The maximum absolute atomic E-state index is 10.8. The highest BCUT2D eigenvalue weighted by Crippen LogP contribution is 2.54. The first-order valence-corrected chi connectivity index (χ1v) is 4.80. The van der Waals surface area contributed by atoms with Crippen LogP contribution in [0.5, 0.6) is 0 Å². The van der Waals surface area contributed by atoms with Crippen LogP contribution in [0, 0.1) is 11.3 Å². The minimum Gasteiger partial charge on any atom is -0.366 e. The monoisotopic (exact) mass is 177 g/mol. The van der Waals surface area contributed by atoms with Gasteiger partial charge in [0.05, 0.1) is 0 Å². The molecule has 0 radical (unpaired) electrons. The molecule has 0 bridgehead atoms. The lowest BCUT2D eigenvalue weighted by Gasteiger charge is -2.21. The van der Waals surface area contributed by atoms with Gasteiger partial charge in [0.15, 0.2) is 0 Å². The Labute approximate surface area is 78.5 Å². The number of amides is 1. The Morgan fingerprint density at radius 2 is 2.31 bits per heavy atom. The molecular formula is C11H15NO. The highest BCUT2D eigenvalue weighted by atomic mass is 16.1. The lowest BCUT2D eigenvalue weighted by Crippen LogP contribution is -2.17. The van der Waals surface area contributed by atoms with Gasteiger partial charge in [-0.3, -0.25) is 4.79 Å². The van der Waals surface area contributed by atoms with Gasteiger partial charge >= 0.3 is 0 Å². The Morgan fingerprint density at radius 1 is 1.62 bits per heavy atom. The molecule has 0 spiro atoms. The average Bonchev–Trinajstić information content (AvgIpc) is 2.85.